The van der Waals surface area contributed by atoms with Gasteiger partial charge in [-0.15, -0.1) is 0 Å². The number of rotatable bonds is 4. The average Bonchev–Trinajstić information content (AvgIpc) is 3.06. The second kappa shape index (κ2) is 7.35. The zero-order valence-corrected chi connectivity index (χ0v) is 14.1. The molecule has 1 atom stereocenters. The van der Waals surface area contributed by atoms with E-state index in [4.69, 9.17) is 0 Å². The number of oxime groups is 1. The molecule has 1 fully saturated rings. The number of aliphatic carboxylic acids is 1. The van der Waals surface area contributed by atoms with Gasteiger partial charge >= 0.3 is 5.97 Å². The molecule has 0 unspecified atom stereocenters. The van der Waals surface area contributed by atoms with E-state index in [0.717, 1.165) is 0 Å². The summed E-state index contributed by atoms with van der Waals surface area (Å²) in [4.78, 5) is 30.1. The van der Waals surface area contributed by atoms with E-state index in [1.807, 2.05) is 0 Å². The summed E-state index contributed by atoms with van der Waals surface area (Å²) in [6.45, 7) is 0.0959. The number of carboxylic acids is 1. The van der Waals surface area contributed by atoms with Crippen LogP contribution < -0.4 is 0 Å². The quantitative estimate of drug-likeness (QED) is 0.855. The summed E-state index contributed by atoms with van der Waals surface area (Å²) in [6.07, 6.45) is 0.127. The maximum Gasteiger partial charge on any atom is 0.326 e. The van der Waals surface area contributed by atoms with E-state index in [-0.39, 0.29) is 18.8 Å². The van der Waals surface area contributed by atoms with Crippen LogP contribution in [-0.2, 0) is 9.63 Å². The summed E-state index contributed by atoms with van der Waals surface area (Å²) in [5.74, 6) is -1.86. The predicted molar refractivity (Wildman–Crippen MR) is 93.4 cm³/mol. The molecule has 1 aliphatic rings. The normalized spacial score (nSPS) is 18.2. The van der Waals surface area contributed by atoms with Gasteiger partial charge in [0.05, 0.1) is 12.3 Å². The van der Waals surface area contributed by atoms with Crippen molar-refractivity contribution in [1.29, 1.82) is 0 Å². The van der Waals surface area contributed by atoms with Crippen LogP contribution in [0.3, 0.4) is 0 Å². The summed E-state index contributed by atoms with van der Waals surface area (Å²) in [5, 5.41) is 13.1. The lowest BCUT2D eigenvalue weighted by molar-refractivity contribution is -0.141. The van der Waals surface area contributed by atoms with Crippen molar-refractivity contribution in [3.63, 3.8) is 0 Å². The molecule has 1 heterocycles. The summed E-state index contributed by atoms with van der Waals surface area (Å²) in [7, 11) is 1.37. The van der Waals surface area contributed by atoms with Crippen molar-refractivity contribution in [3.05, 3.63) is 59.9 Å². The number of hydrogen-bond donors (Lipinski definition) is 1. The molecule has 0 saturated carbocycles. The highest BCUT2D eigenvalue weighted by Crippen LogP contribution is 2.24. The Morgan fingerprint density at radius 3 is 2.50 bits per heavy atom. The third-order valence-corrected chi connectivity index (χ3v) is 4.24. The van der Waals surface area contributed by atoms with Crippen LogP contribution in [-0.4, -0.2) is 47.3 Å². The SMILES string of the molecule is CO/N=C1/C[C@@H](C(=O)O)N(C(=O)c2ccc(-c3ccccc3F)cc2)C1. The first-order valence-corrected chi connectivity index (χ1v) is 7.99. The van der Waals surface area contributed by atoms with E-state index in [9.17, 15) is 19.1 Å². The minimum atomic E-state index is -1.09. The number of likely N-dealkylation sites (tertiary alicyclic amines) is 1. The Morgan fingerprint density at radius 2 is 1.88 bits per heavy atom. The lowest BCUT2D eigenvalue weighted by Crippen LogP contribution is -2.40. The molecule has 2 aromatic rings. The third-order valence-electron chi connectivity index (χ3n) is 4.24. The fraction of sp³-hybridized carbons (Fsp3) is 0.211. The monoisotopic (exact) mass is 356 g/mol. The average molecular weight is 356 g/mol. The molecule has 1 aliphatic heterocycles. The van der Waals surface area contributed by atoms with E-state index in [2.05, 4.69) is 9.99 Å². The van der Waals surface area contributed by atoms with Crippen LogP contribution >= 0.6 is 0 Å². The Bertz CT molecular complexity index is 864. The molecule has 6 nitrogen and oxygen atoms in total. The van der Waals surface area contributed by atoms with E-state index < -0.39 is 17.9 Å². The van der Waals surface area contributed by atoms with Crippen molar-refractivity contribution in [2.45, 2.75) is 12.5 Å². The molecule has 1 saturated heterocycles. The first-order chi connectivity index (χ1) is 12.5. The van der Waals surface area contributed by atoms with Gasteiger partial charge in [0, 0.05) is 17.5 Å². The standard InChI is InChI=1S/C19H17FN2O4/c1-26-21-14-10-17(19(24)25)22(11-14)18(23)13-8-6-12(7-9-13)15-4-2-3-5-16(15)20/h2-9,17H,10-11H2,1H3,(H,24,25)/b21-14-/t17-/m0/s1. The topological polar surface area (TPSA) is 79.2 Å². The van der Waals surface area contributed by atoms with Crippen molar-refractivity contribution in [3.8, 4) is 11.1 Å². The van der Waals surface area contributed by atoms with Crippen LogP contribution in [0.25, 0.3) is 11.1 Å². The van der Waals surface area contributed by atoms with Crippen LogP contribution in [0.2, 0.25) is 0 Å². The van der Waals surface area contributed by atoms with Gasteiger partial charge in [-0.05, 0) is 23.8 Å². The van der Waals surface area contributed by atoms with Crippen molar-refractivity contribution >= 4 is 17.6 Å². The number of carbonyl (C=O) groups is 2. The van der Waals surface area contributed by atoms with E-state index >= 15 is 0 Å². The number of carbonyl (C=O) groups excluding carboxylic acids is 1. The Kier molecular flexibility index (Phi) is 4.97. The van der Waals surface area contributed by atoms with Gasteiger partial charge in [-0.2, -0.15) is 0 Å². The molecule has 1 amide bonds. The highest BCUT2D eigenvalue weighted by atomic mass is 19.1. The van der Waals surface area contributed by atoms with Crippen molar-refractivity contribution in [2.24, 2.45) is 5.16 Å². The molecule has 0 spiro atoms. The Hall–Kier alpha value is -3.22. The number of carboxylic acid groups (broad SMARTS) is 1. The first-order valence-electron chi connectivity index (χ1n) is 7.99. The largest absolute Gasteiger partial charge is 0.480 e. The molecule has 0 radical (unpaired) electrons. The maximum atomic E-state index is 13.9. The van der Waals surface area contributed by atoms with Crippen molar-refractivity contribution < 1.29 is 23.9 Å². The number of hydrogen-bond acceptors (Lipinski definition) is 4. The summed E-state index contributed by atoms with van der Waals surface area (Å²) < 4.78 is 13.9. The number of amides is 1. The van der Waals surface area contributed by atoms with Gasteiger partial charge in [0.1, 0.15) is 19.0 Å². The van der Waals surface area contributed by atoms with Crippen LogP contribution in [0, 0.1) is 5.82 Å². The second-order valence-corrected chi connectivity index (χ2v) is 5.89. The molecule has 134 valence electrons. The Balaban J connectivity index is 1.85. The smallest absolute Gasteiger partial charge is 0.326 e. The molecule has 7 heteroatoms. The summed E-state index contributed by atoms with van der Waals surface area (Å²) >= 11 is 0. The van der Waals surface area contributed by atoms with Gasteiger partial charge in [0.25, 0.3) is 5.91 Å². The Labute approximate surface area is 149 Å². The van der Waals surface area contributed by atoms with E-state index in [1.54, 1.807) is 42.5 Å². The first kappa shape index (κ1) is 17.6. The van der Waals surface area contributed by atoms with Gasteiger partial charge in [-0.25, -0.2) is 9.18 Å². The van der Waals surface area contributed by atoms with Gasteiger partial charge in [0.15, 0.2) is 0 Å². The van der Waals surface area contributed by atoms with Crippen LogP contribution in [0.1, 0.15) is 16.8 Å². The van der Waals surface area contributed by atoms with Gasteiger partial charge in [-0.1, -0.05) is 35.5 Å². The van der Waals surface area contributed by atoms with E-state index in [0.29, 0.717) is 22.4 Å². The number of halogens is 1. The van der Waals surface area contributed by atoms with Crippen molar-refractivity contribution in [1.82, 2.24) is 4.90 Å². The fourth-order valence-corrected chi connectivity index (χ4v) is 2.99. The third kappa shape index (κ3) is 3.42. The molecule has 0 bridgehead atoms. The molecule has 0 aliphatic carbocycles. The maximum absolute atomic E-state index is 13.9. The van der Waals surface area contributed by atoms with Crippen LogP contribution in [0.15, 0.2) is 53.7 Å². The fourth-order valence-electron chi connectivity index (χ4n) is 2.99. The molecular formula is C19H17FN2O4. The zero-order valence-electron chi connectivity index (χ0n) is 14.1. The van der Waals surface area contributed by atoms with Gasteiger partial charge in [0.2, 0.25) is 0 Å². The molecule has 3 rings (SSSR count). The summed E-state index contributed by atoms with van der Waals surface area (Å²) in [5.41, 5.74) is 1.90. The molecule has 1 N–H and O–H groups in total. The number of benzene rings is 2. The highest BCUT2D eigenvalue weighted by molar-refractivity contribution is 6.04. The minimum Gasteiger partial charge on any atom is -0.480 e. The predicted octanol–water partition coefficient (Wildman–Crippen LogP) is 2.79. The second-order valence-electron chi connectivity index (χ2n) is 5.89. The van der Waals surface area contributed by atoms with E-state index in [1.165, 1.54) is 18.1 Å². The Morgan fingerprint density at radius 1 is 1.19 bits per heavy atom. The summed E-state index contributed by atoms with van der Waals surface area (Å²) in [6, 6.07) is 11.8. The zero-order chi connectivity index (χ0) is 18.7. The minimum absolute atomic E-state index is 0.0959. The van der Waals surface area contributed by atoms with Crippen LogP contribution in [0.4, 0.5) is 4.39 Å². The molecule has 26 heavy (non-hydrogen) atoms. The molecular weight excluding hydrogens is 339 g/mol. The molecule has 2 aromatic carbocycles. The lowest BCUT2D eigenvalue weighted by atomic mass is 10.0. The molecule has 0 aromatic heterocycles. The number of nitrogens with zero attached hydrogens (tertiary/aromatic N) is 2. The lowest BCUT2D eigenvalue weighted by Gasteiger charge is -2.20. The van der Waals surface area contributed by atoms with Crippen molar-refractivity contribution in [2.75, 3.05) is 13.7 Å². The van der Waals surface area contributed by atoms with Gasteiger partial charge < -0.3 is 14.8 Å². The van der Waals surface area contributed by atoms with Gasteiger partial charge in [-0.3, -0.25) is 4.79 Å². The highest BCUT2D eigenvalue weighted by Gasteiger charge is 2.38. The van der Waals surface area contributed by atoms with Crippen LogP contribution in [0.5, 0.6) is 0 Å².